The lowest BCUT2D eigenvalue weighted by molar-refractivity contribution is -0.147. The molecule has 2 aliphatic heterocycles. The monoisotopic (exact) mass is 338 g/mol. The number of nitrogens with zero attached hydrogens (tertiary/aromatic N) is 4. The second-order valence-electron chi connectivity index (χ2n) is 6.50. The molecule has 126 valence electrons. The van der Waals surface area contributed by atoms with Crippen LogP contribution in [0.1, 0.15) is 26.7 Å². The third kappa shape index (κ3) is 3.93. The molecule has 3 atom stereocenters. The second-order valence-corrected chi connectivity index (χ2v) is 6.89. The number of ether oxygens (including phenoxy) is 1. The van der Waals surface area contributed by atoms with Crippen LogP contribution in [0.15, 0.2) is 12.1 Å². The Morgan fingerprint density at radius 3 is 2.61 bits per heavy atom. The zero-order valence-electron chi connectivity index (χ0n) is 13.6. The third-order valence-electron chi connectivity index (χ3n) is 4.44. The standard InChI is InChI=1S/C16H23ClN4O2/c1-11-8-21(9-12(2)23-11)16(22)13-4-3-7-20(10-13)15-6-5-14(17)18-19-15/h5-6,11-13H,3-4,7-10H2,1-2H3/t11-,12-,13+/m1/s1. The predicted molar refractivity (Wildman–Crippen MR) is 88.6 cm³/mol. The van der Waals surface area contributed by atoms with Crippen LogP contribution in [0, 0.1) is 5.92 Å². The summed E-state index contributed by atoms with van der Waals surface area (Å²) in [5.41, 5.74) is 0. The van der Waals surface area contributed by atoms with Gasteiger partial charge < -0.3 is 14.5 Å². The van der Waals surface area contributed by atoms with Gasteiger partial charge >= 0.3 is 0 Å². The lowest BCUT2D eigenvalue weighted by Crippen LogP contribution is -2.52. The summed E-state index contributed by atoms with van der Waals surface area (Å²) in [6.45, 7) is 6.99. The summed E-state index contributed by atoms with van der Waals surface area (Å²) in [5, 5.41) is 8.41. The normalized spacial score (nSPS) is 28.7. The van der Waals surface area contributed by atoms with Gasteiger partial charge in [-0.05, 0) is 38.8 Å². The Balaban J connectivity index is 1.65. The molecular formula is C16H23ClN4O2. The Bertz CT molecular complexity index is 544. The molecule has 0 aliphatic carbocycles. The average Bonchev–Trinajstić information content (AvgIpc) is 2.54. The van der Waals surface area contributed by atoms with Gasteiger partial charge in [-0.2, -0.15) is 0 Å². The number of rotatable bonds is 2. The lowest BCUT2D eigenvalue weighted by Gasteiger charge is -2.39. The molecule has 0 unspecified atom stereocenters. The van der Waals surface area contributed by atoms with Crippen LogP contribution in [-0.2, 0) is 9.53 Å². The Labute approximate surface area is 141 Å². The van der Waals surface area contributed by atoms with E-state index in [1.54, 1.807) is 6.07 Å². The number of hydrogen-bond acceptors (Lipinski definition) is 5. The SMILES string of the molecule is C[C@@H]1CN(C(=O)[C@H]2CCCN(c3ccc(Cl)nn3)C2)C[C@@H](C)O1. The molecule has 0 bridgehead atoms. The molecule has 7 heteroatoms. The molecule has 3 rings (SSSR count). The number of carbonyl (C=O) groups is 1. The molecule has 3 heterocycles. The zero-order valence-corrected chi connectivity index (χ0v) is 14.4. The van der Waals surface area contributed by atoms with Crippen molar-refractivity contribution in [3.8, 4) is 0 Å². The highest BCUT2D eigenvalue weighted by Gasteiger charge is 2.33. The number of carbonyl (C=O) groups excluding carboxylic acids is 1. The van der Waals surface area contributed by atoms with Crippen LogP contribution in [0.4, 0.5) is 5.82 Å². The number of aromatic nitrogens is 2. The highest BCUT2D eigenvalue weighted by molar-refractivity contribution is 6.29. The molecule has 6 nitrogen and oxygen atoms in total. The first-order valence-electron chi connectivity index (χ1n) is 8.21. The molecule has 2 aliphatic rings. The van der Waals surface area contributed by atoms with E-state index in [1.807, 2.05) is 24.8 Å². The van der Waals surface area contributed by atoms with Crippen molar-refractivity contribution < 1.29 is 9.53 Å². The molecule has 0 spiro atoms. The van der Waals surface area contributed by atoms with Crippen molar-refractivity contribution in [2.24, 2.45) is 5.92 Å². The zero-order chi connectivity index (χ0) is 16.4. The number of halogens is 1. The van der Waals surface area contributed by atoms with Gasteiger partial charge in [-0.3, -0.25) is 4.79 Å². The summed E-state index contributed by atoms with van der Waals surface area (Å²) < 4.78 is 5.72. The Hall–Kier alpha value is -1.40. The van der Waals surface area contributed by atoms with Crippen LogP contribution >= 0.6 is 11.6 Å². The number of amides is 1. The quantitative estimate of drug-likeness (QED) is 0.825. The van der Waals surface area contributed by atoms with Crippen molar-refractivity contribution in [2.45, 2.75) is 38.9 Å². The lowest BCUT2D eigenvalue weighted by atomic mass is 9.96. The highest BCUT2D eigenvalue weighted by atomic mass is 35.5. The van der Waals surface area contributed by atoms with Crippen LogP contribution in [0.3, 0.4) is 0 Å². The highest BCUT2D eigenvalue weighted by Crippen LogP contribution is 2.24. The summed E-state index contributed by atoms with van der Waals surface area (Å²) in [6, 6.07) is 3.60. The molecule has 2 fully saturated rings. The van der Waals surface area contributed by atoms with Gasteiger partial charge in [0.15, 0.2) is 11.0 Å². The van der Waals surface area contributed by atoms with Crippen molar-refractivity contribution in [3.05, 3.63) is 17.3 Å². The first kappa shape index (κ1) is 16.5. The van der Waals surface area contributed by atoms with Crippen LogP contribution in [0.5, 0.6) is 0 Å². The Morgan fingerprint density at radius 1 is 1.22 bits per heavy atom. The summed E-state index contributed by atoms with van der Waals surface area (Å²) in [5.74, 6) is 1.04. The maximum Gasteiger partial charge on any atom is 0.227 e. The van der Waals surface area contributed by atoms with Gasteiger partial charge in [0.25, 0.3) is 0 Å². The molecule has 1 aromatic heterocycles. The molecule has 0 N–H and O–H groups in total. The topological polar surface area (TPSA) is 58.6 Å². The van der Waals surface area contributed by atoms with E-state index in [2.05, 4.69) is 15.1 Å². The van der Waals surface area contributed by atoms with Crippen LogP contribution in [0.2, 0.25) is 5.15 Å². The summed E-state index contributed by atoms with van der Waals surface area (Å²) in [4.78, 5) is 16.9. The third-order valence-corrected chi connectivity index (χ3v) is 4.65. The van der Waals surface area contributed by atoms with Crippen molar-refractivity contribution in [1.29, 1.82) is 0 Å². The molecule has 0 aromatic carbocycles. The van der Waals surface area contributed by atoms with E-state index in [0.717, 1.165) is 25.2 Å². The Kier molecular flexibility index (Phi) is 5.02. The maximum atomic E-state index is 12.9. The van der Waals surface area contributed by atoms with Gasteiger partial charge in [0.05, 0.1) is 18.1 Å². The number of anilines is 1. The minimum atomic E-state index is 0.0127. The van der Waals surface area contributed by atoms with Crippen molar-refractivity contribution in [2.75, 3.05) is 31.1 Å². The maximum absolute atomic E-state index is 12.9. The number of piperidine rings is 1. The van der Waals surface area contributed by atoms with Gasteiger partial charge in [0.2, 0.25) is 5.91 Å². The van der Waals surface area contributed by atoms with Crippen LogP contribution in [0.25, 0.3) is 0 Å². The van der Waals surface area contributed by atoms with Crippen LogP contribution in [-0.4, -0.2) is 59.4 Å². The van der Waals surface area contributed by atoms with E-state index in [4.69, 9.17) is 16.3 Å². The minimum absolute atomic E-state index is 0.0127. The molecule has 2 saturated heterocycles. The molecule has 1 aromatic rings. The average molecular weight is 339 g/mol. The fourth-order valence-corrected chi connectivity index (χ4v) is 3.58. The van der Waals surface area contributed by atoms with Crippen molar-refractivity contribution in [1.82, 2.24) is 15.1 Å². The summed E-state index contributed by atoms with van der Waals surface area (Å²) >= 11 is 5.79. The Morgan fingerprint density at radius 2 is 1.96 bits per heavy atom. The smallest absolute Gasteiger partial charge is 0.227 e. The van der Waals surface area contributed by atoms with E-state index in [9.17, 15) is 4.79 Å². The fourth-order valence-electron chi connectivity index (χ4n) is 3.48. The van der Waals surface area contributed by atoms with Gasteiger partial charge in [-0.15, -0.1) is 10.2 Å². The predicted octanol–water partition coefficient (Wildman–Crippen LogP) is 1.98. The van der Waals surface area contributed by atoms with Crippen molar-refractivity contribution in [3.63, 3.8) is 0 Å². The minimum Gasteiger partial charge on any atom is -0.372 e. The largest absolute Gasteiger partial charge is 0.372 e. The molecule has 1 amide bonds. The van der Waals surface area contributed by atoms with E-state index in [0.29, 0.717) is 24.8 Å². The van der Waals surface area contributed by atoms with Gasteiger partial charge in [0.1, 0.15) is 0 Å². The fraction of sp³-hybridized carbons (Fsp3) is 0.688. The van der Waals surface area contributed by atoms with Crippen LogP contribution < -0.4 is 4.90 Å². The van der Waals surface area contributed by atoms with Gasteiger partial charge in [-0.1, -0.05) is 11.6 Å². The first-order valence-corrected chi connectivity index (χ1v) is 8.59. The first-order chi connectivity index (χ1) is 11.0. The van der Waals surface area contributed by atoms with E-state index in [-0.39, 0.29) is 24.0 Å². The van der Waals surface area contributed by atoms with Crippen molar-refractivity contribution >= 4 is 23.3 Å². The van der Waals surface area contributed by atoms with Gasteiger partial charge in [0, 0.05) is 26.2 Å². The van der Waals surface area contributed by atoms with Gasteiger partial charge in [-0.25, -0.2) is 0 Å². The summed E-state index contributed by atoms with van der Waals surface area (Å²) in [7, 11) is 0. The summed E-state index contributed by atoms with van der Waals surface area (Å²) in [6.07, 6.45) is 2.11. The molecule has 0 saturated carbocycles. The van der Waals surface area contributed by atoms with E-state index < -0.39 is 0 Å². The molecule has 23 heavy (non-hydrogen) atoms. The number of morpholine rings is 1. The van der Waals surface area contributed by atoms with E-state index >= 15 is 0 Å². The molecular weight excluding hydrogens is 316 g/mol. The molecule has 0 radical (unpaired) electrons. The number of hydrogen-bond donors (Lipinski definition) is 0. The van der Waals surface area contributed by atoms with E-state index in [1.165, 1.54) is 0 Å². The second kappa shape index (κ2) is 7.01.